The van der Waals surface area contributed by atoms with Crippen molar-refractivity contribution in [1.82, 2.24) is 4.90 Å². The maximum atomic E-state index is 13.0. The molecule has 0 atom stereocenters. The highest BCUT2D eigenvalue weighted by atomic mass is 32.2. The number of hydrogen-bond acceptors (Lipinski definition) is 3. The third-order valence-corrected chi connectivity index (χ3v) is 6.27. The molecule has 4 rings (SSSR count). The van der Waals surface area contributed by atoms with Gasteiger partial charge in [-0.2, -0.15) is 0 Å². The lowest BCUT2D eigenvalue weighted by Gasteiger charge is -2.26. The Hall–Kier alpha value is -2.10. The lowest BCUT2D eigenvalue weighted by atomic mass is 9.97. The summed E-state index contributed by atoms with van der Waals surface area (Å²) < 4.78 is 0. The largest absolute Gasteiger partial charge is 0.303 e. The topological polar surface area (TPSA) is 20.3 Å². The Morgan fingerprint density at radius 1 is 0.852 bits per heavy atom. The van der Waals surface area contributed by atoms with E-state index in [4.69, 9.17) is 0 Å². The molecule has 0 amide bonds. The summed E-state index contributed by atoms with van der Waals surface area (Å²) in [6, 6.07) is 22.1. The first-order valence-electron chi connectivity index (χ1n) is 9.79. The van der Waals surface area contributed by atoms with Gasteiger partial charge in [-0.1, -0.05) is 48.9 Å². The van der Waals surface area contributed by atoms with Crippen LogP contribution in [0.25, 0.3) is 10.8 Å². The van der Waals surface area contributed by atoms with E-state index in [1.54, 1.807) is 0 Å². The average Bonchev–Trinajstić information content (AvgIpc) is 2.74. The highest BCUT2D eigenvalue weighted by Gasteiger charge is 2.13. The van der Waals surface area contributed by atoms with Gasteiger partial charge in [0.1, 0.15) is 0 Å². The van der Waals surface area contributed by atoms with Crippen molar-refractivity contribution in [2.75, 3.05) is 25.4 Å². The van der Waals surface area contributed by atoms with E-state index < -0.39 is 0 Å². The molecule has 0 saturated carbocycles. The molecule has 2 nitrogen and oxygen atoms in total. The van der Waals surface area contributed by atoms with Crippen molar-refractivity contribution in [1.29, 1.82) is 0 Å². The number of ketones is 1. The summed E-state index contributed by atoms with van der Waals surface area (Å²) in [6.07, 6.45) is 4.07. The molecule has 0 aliphatic carbocycles. The number of likely N-dealkylation sites (tertiary alicyclic amines) is 1. The molecule has 1 aliphatic rings. The minimum Gasteiger partial charge on any atom is -0.303 e. The Bertz CT molecular complexity index is 908. The van der Waals surface area contributed by atoms with Gasteiger partial charge in [-0.25, -0.2) is 0 Å². The molecule has 1 aliphatic heterocycles. The summed E-state index contributed by atoms with van der Waals surface area (Å²) in [4.78, 5) is 16.8. The van der Waals surface area contributed by atoms with E-state index >= 15 is 0 Å². The van der Waals surface area contributed by atoms with Crippen LogP contribution in [0.1, 0.15) is 35.2 Å². The fourth-order valence-corrected chi connectivity index (χ4v) is 4.67. The molecule has 3 heteroatoms. The molecule has 138 valence electrons. The number of thioether (sulfide) groups is 1. The number of rotatable bonds is 6. The number of fused-ring (bicyclic) bond motifs is 1. The van der Waals surface area contributed by atoms with Gasteiger partial charge in [0.05, 0.1) is 0 Å². The lowest BCUT2D eigenvalue weighted by molar-refractivity contribution is 0.104. The maximum Gasteiger partial charge on any atom is 0.193 e. The van der Waals surface area contributed by atoms with Crippen LogP contribution < -0.4 is 0 Å². The molecule has 1 fully saturated rings. The van der Waals surface area contributed by atoms with Gasteiger partial charge in [0.25, 0.3) is 0 Å². The summed E-state index contributed by atoms with van der Waals surface area (Å²) in [7, 11) is 0. The number of carbonyl (C=O) groups excluding carboxylic acids is 1. The minimum absolute atomic E-state index is 0.0941. The van der Waals surface area contributed by atoms with Gasteiger partial charge >= 0.3 is 0 Å². The van der Waals surface area contributed by atoms with Crippen molar-refractivity contribution < 1.29 is 4.79 Å². The van der Waals surface area contributed by atoms with E-state index in [9.17, 15) is 4.79 Å². The van der Waals surface area contributed by atoms with Crippen LogP contribution in [0, 0.1) is 0 Å². The fourth-order valence-electron chi connectivity index (χ4n) is 3.76. The van der Waals surface area contributed by atoms with E-state index in [0.717, 1.165) is 34.2 Å². The third-order valence-electron chi connectivity index (χ3n) is 5.28. The van der Waals surface area contributed by atoms with Crippen molar-refractivity contribution in [2.45, 2.75) is 24.2 Å². The molecule has 0 radical (unpaired) electrons. The first-order valence-corrected chi connectivity index (χ1v) is 10.8. The summed E-state index contributed by atoms with van der Waals surface area (Å²) in [6.45, 7) is 3.65. The zero-order valence-electron chi connectivity index (χ0n) is 15.6. The lowest BCUT2D eigenvalue weighted by Crippen LogP contribution is -2.31. The summed E-state index contributed by atoms with van der Waals surface area (Å²) in [5.41, 5.74) is 1.53. The SMILES string of the molecule is O=C(c1ccc(SCCN2CCCCC2)cc1)c1cccc2ccccc12. The molecule has 0 unspecified atom stereocenters. The van der Waals surface area contributed by atoms with Crippen LogP contribution in [0.3, 0.4) is 0 Å². The van der Waals surface area contributed by atoms with Gasteiger partial charge in [-0.3, -0.25) is 4.79 Å². The fraction of sp³-hybridized carbons (Fsp3) is 0.292. The standard InChI is InChI=1S/C24H25NOS/c26-24(23-10-6-8-19-7-2-3-9-22(19)23)20-11-13-21(14-12-20)27-18-17-25-15-4-1-5-16-25/h2-3,6-14H,1,4-5,15-18H2. The van der Waals surface area contributed by atoms with Gasteiger partial charge in [-0.15, -0.1) is 11.8 Å². The average molecular weight is 376 g/mol. The Morgan fingerprint density at radius 3 is 2.41 bits per heavy atom. The molecular formula is C24H25NOS. The van der Waals surface area contributed by atoms with E-state index in [0.29, 0.717) is 0 Å². The molecule has 3 aromatic rings. The minimum atomic E-state index is 0.0941. The molecule has 0 bridgehead atoms. The molecule has 0 spiro atoms. The Labute approximate surface area is 165 Å². The van der Waals surface area contributed by atoms with Gasteiger partial charge in [0.15, 0.2) is 5.78 Å². The molecule has 0 aromatic heterocycles. The van der Waals surface area contributed by atoms with E-state index in [2.05, 4.69) is 17.0 Å². The van der Waals surface area contributed by atoms with Crippen molar-refractivity contribution in [3.63, 3.8) is 0 Å². The quantitative estimate of drug-likeness (QED) is 0.410. The van der Waals surface area contributed by atoms with Gasteiger partial charge in [0.2, 0.25) is 0 Å². The molecule has 0 N–H and O–H groups in total. The summed E-state index contributed by atoms with van der Waals surface area (Å²) in [5, 5.41) is 2.12. The Balaban J connectivity index is 1.41. The predicted octanol–water partition coefficient (Wildman–Crippen LogP) is 5.65. The number of hydrogen-bond donors (Lipinski definition) is 0. The molecular weight excluding hydrogens is 350 g/mol. The highest BCUT2D eigenvalue weighted by Crippen LogP contribution is 2.24. The summed E-state index contributed by atoms with van der Waals surface area (Å²) >= 11 is 1.88. The molecule has 27 heavy (non-hydrogen) atoms. The van der Waals surface area contributed by atoms with Crippen molar-refractivity contribution in [3.05, 3.63) is 77.9 Å². The second-order valence-corrected chi connectivity index (χ2v) is 8.30. The Kier molecular flexibility index (Phi) is 5.90. The van der Waals surface area contributed by atoms with Crippen LogP contribution in [0.4, 0.5) is 0 Å². The van der Waals surface area contributed by atoms with E-state index in [-0.39, 0.29) is 5.78 Å². The molecule has 3 aromatic carbocycles. The van der Waals surface area contributed by atoms with Crippen LogP contribution in [-0.4, -0.2) is 36.1 Å². The van der Waals surface area contributed by atoms with Crippen LogP contribution in [0.15, 0.2) is 71.6 Å². The number of carbonyl (C=O) groups is 1. The first kappa shape index (κ1) is 18.3. The Morgan fingerprint density at radius 2 is 1.59 bits per heavy atom. The molecule has 1 saturated heterocycles. The normalized spacial score (nSPS) is 15.1. The maximum absolute atomic E-state index is 13.0. The second-order valence-electron chi connectivity index (χ2n) is 7.13. The van der Waals surface area contributed by atoms with Gasteiger partial charge < -0.3 is 4.90 Å². The predicted molar refractivity (Wildman–Crippen MR) is 115 cm³/mol. The van der Waals surface area contributed by atoms with E-state index in [1.165, 1.54) is 37.2 Å². The number of benzene rings is 3. The van der Waals surface area contributed by atoms with Gasteiger partial charge in [0, 0.05) is 28.3 Å². The van der Waals surface area contributed by atoms with Crippen molar-refractivity contribution in [2.24, 2.45) is 0 Å². The van der Waals surface area contributed by atoms with Crippen LogP contribution in [-0.2, 0) is 0 Å². The monoisotopic (exact) mass is 375 g/mol. The zero-order chi connectivity index (χ0) is 18.5. The third kappa shape index (κ3) is 4.42. The summed E-state index contributed by atoms with van der Waals surface area (Å²) in [5.74, 6) is 1.20. The van der Waals surface area contributed by atoms with Crippen molar-refractivity contribution in [3.8, 4) is 0 Å². The van der Waals surface area contributed by atoms with E-state index in [1.807, 2.05) is 66.4 Å². The van der Waals surface area contributed by atoms with Gasteiger partial charge in [-0.05, 0) is 61.0 Å². The van der Waals surface area contributed by atoms with Crippen LogP contribution >= 0.6 is 11.8 Å². The first-order chi connectivity index (χ1) is 13.3. The van der Waals surface area contributed by atoms with Crippen LogP contribution in [0.5, 0.6) is 0 Å². The smallest absolute Gasteiger partial charge is 0.193 e. The molecule has 1 heterocycles. The van der Waals surface area contributed by atoms with Crippen LogP contribution in [0.2, 0.25) is 0 Å². The van der Waals surface area contributed by atoms with Crippen molar-refractivity contribution >= 4 is 28.3 Å². The highest BCUT2D eigenvalue weighted by molar-refractivity contribution is 7.99. The number of piperidine rings is 1. The zero-order valence-corrected chi connectivity index (χ0v) is 16.4. The number of nitrogens with zero attached hydrogens (tertiary/aromatic N) is 1. The second kappa shape index (κ2) is 8.73.